The van der Waals surface area contributed by atoms with Crippen LogP contribution in [0.4, 0.5) is 39.9 Å². The number of carbonyl (C=O) groups is 2. The van der Waals surface area contributed by atoms with Crippen molar-refractivity contribution in [2.24, 2.45) is 5.92 Å². The third kappa shape index (κ3) is 7.79. The Kier molecular flexibility index (Phi) is 9.69. The van der Waals surface area contributed by atoms with Crippen LogP contribution in [0.15, 0.2) is 34.7 Å². The number of imidazole rings is 1. The Bertz CT molecular complexity index is 1620. The number of amides is 3. The second-order valence-corrected chi connectivity index (χ2v) is 11.3. The number of fused-ring (bicyclic) bond motifs is 1. The molecule has 3 amide bonds. The number of carbonyl (C=O) groups excluding carboxylic acids is 2. The zero-order valence-corrected chi connectivity index (χ0v) is 24.5. The molecule has 3 aromatic rings. The lowest BCUT2D eigenvalue weighted by Crippen LogP contribution is -2.40. The molecule has 256 valence electrons. The molecule has 0 radical (unpaired) electrons. The molecule has 1 aliphatic heterocycles. The SMILES string of the molecule is COC[C@@H](c1cnn2cc([C@@H](NC(=O)c3nonc3CCC(F)(F)F)C3CCC(=C(F)F)CC3)nc2c1)N1C[C@@H](C(F)(F)F)NC1=O. The fourth-order valence-electron chi connectivity index (χ4n) is 5.73. The second kappa shape index (κ2) is 13.4. The van der Waals surface area contributed by atoms with Gasteiger partial charge in [0.05, 0.1) is 43.3 Å². The molecule has 47 heavy (non-hydrogen) atoms. The van der Waals surface area contributed by atoms with Crippen LogP contribution in [0.2, 0.25) is 0 Å². The molecule has 3 atom stereocenters. The third-order valence-electron chi connectivity index (χ3n) is 8.17. The van der Waals surface area contributed by atoms with Crippen LogP contribution in [-0.4, -0.2) is 80.4 Å². The number of ether oxygens (including phenoxy) is 1. The Balaban J connectivity index is 1.44. The molecular formula is C27H28F8N8O4. The molecule has 20 heteroatoms. The van der Waals surface area contributed by atoms with E-state index in [4.69, 9.17) is 4.74 Å². The van der Waals surface area contributed by atoms with E-state index < -0.39 is 79.5 Å². The first-order valence-corrected chi connectivity index (χ1v) is 14.3. The number of allylic oxidation sites excluding steroid dienone is 1. The van der Waals surface area contributed by atoms with Gasteiger partial charge in [0.1, 0.15) is 11.7 Å². The summed E-state index contributed by atoms with van der Waals surface area (Å²) in [6, 6.07) is -3.48. The fraction of sp³-hybridized carbons (Fsp3) is 0.556. The van der Waals surface area contributed by atoms with Gasteiger partial charge in [0, 0.05) is 25.5 Å². The van der Waals surface area contributed by atoms with Crippen molar-refractivity contribution in [3.8, 4) is 0 Å². The van der Waals surface area contributed by atoms with E-state index >= 15 is 0 Å². The highest BCUT2D eigenvalue weighted by Gasteiger charge is 2.48. The first kappa shape index (κ1) is 34.0. The molecule has 0 spiro atoms. The van der Waals surface area contributed by atoms with Crippen LogP contribution < -0.4 is 10.6 Å². The summed E-state index contributed by atoms with van der Waals surface area (Å²) in [5.74, 6) is -1.37. The molecule has 1 saturated carbocycles. The van der Waals surface area contributed by atoms with Gasteiger partial charge in [-0.3, -0.25) is 4.79 Å². The number of halogens is 8. The minimum atomic E-state index is -4.67. The maximum absolute atomic E-state index is 13.3. The molecule has 2 aliphatic rings. The van der Waals surface area contributed by atoms with Gasteiger partial charge < -0.3 is 20.3 Å². The summed E-state index contributed by atoms with van der Waals surface area (Å²) in [5.41, 5.74) is -0.136. The van der Waals surface area contributed by atoms with Gasteiger partial charge in [0.15, 0.2) is 11.3 Å². The van der Waals surface area contributed by atoms with E-state index in [9.17, 15) is 44.7 Å². The van der Waals surface area contributed by atoms with Crippen molar-refractivity contribution in [3.05, 3.63) is 52.8 Å². The Labute approximate surface area is 260 Å². The average molecular weight is 681 g/mol. The molecule has 0 unspecified atom stereocenters. The van der Waals surface area contributed by atoms with Gasteiger partial charge in [-0.15, -0.1) is 0 Å². The summed E-state index contributed by atoms with van der Waals surface area (Å²) in [5, 5.41) is 15.8. The van der Waals surface area contributed by atoms with E-state index in [2.05, 4.69) is 30.3 Å². The van der Waals surface area contributed by atoms with Gasteiger partial charge in [-0.25, -0.2) is 18.9 Å². The monoisotopic (exact) mass is 680 g/mol. The number of aryl methyl sites for hydroxylation is 1. The van der Waals surface area contributed by atoms with Crippen LogP contribution >= 0.6 is 0 Å². The number of aromatic nitrogens is 5. The number of hydrogen-bond donors (Lipinski definition) is 2. The topological polar surface area (TPSA) is 140 Å². The maximum Gasteiger partial charge on any atom is 0.410 e. The highest BCUT2D eigenvalue weighted by atomic mass is 19.4. The highest BCUT2D eigenvalue weighted by Crippen LogP contribution is 2.39. The predicted molar refractivity (Wildman–Crippen MR) is 143 cm³/mol. The summed E-state index contributed by atoms with van der Waals surface area (Å²) in [6.07, 6.45) is -9.68. The van der Waals surface area contributed by atoms with E-state index in [-0.39, 0.29) is 54.9 Å². The zero-order chi connectivity index (χ0) is 34.1. The van der Waals surface area contributed by atoms with Gasteiger partial charge in [0.2, 0.25) is 0 Å². The highest BCUT2D eigenvalue weighted by molar-refractivity contribution is 5.93. The molecule has 12 nitrogen and oxygen atoms in total. The van der Waals surface area contributed by atoms with Crippen LogP contribution in [-0.2, 0) is 11.2 Å². The number of methoxy groups -OCH3 is 1. The molecule has 4 heterocycles. The van der Waals surface area contributed by atoms with Crippen LogP contribution in [0.3, 0.4) is 0 Å². The lowest BCUT2D eigenvalue weighted by atomic mass is 9.80. The van der Waals surface area contributed by atoms with Crippen molar-refractivity contribution in [1.82, 2.24) is 40.4 Å². The fourth-order valence-corrected chi connectivity index (χ4v) is 5.73. The van der Waals surface area contributed by atoms with Crippen molar-refractivity contribution in [2.45, 2.75) is 69.0 Å². The summed E-state index contributed by atoms with van der Waals surface area (Å²) in [4.78, 5) is 31.3. The molecule has 2 N–H and O–H groups in total. The predicted octanol–water partition coefficient (Wildman–Crippen LogP) is 5.06. The Morgan fingerprint density at radius 3 is 2.51 bits per heavy atom. The van der Waals surface area contributed by atoms with Crippen LogP contribution in [0.25, 0.3) is 5.65 Å². The van der Waals surface area contributed by atoms with Crippen molar-refractivity contribution in [3.63, 3.8) is 0 Å². The smallest absolute Gasteiger partial charge is 0.382 e. The number of hydrogen-bond acceptors (Lipinski definition) is 8. The van der Waals surface area contributed by atoms with Crippen molar-refractivity contribution in [2.75, 3.05) is 20.3 Å². The lowest BCUT2D eigenvalue weighted by molar-refractivity contribution is -0.150. The number of rotatable bonds is 10. The third-order valence-corrected chi connectivity index (χ3v) is 8.17. The molecule has 3 aromatic heterocycles. The normalized spacial score (nSPS) is 20.4. The first-order chi connectivity index (χ1) is 22.1. The summed E-state index contributed by atoms with van der Waals surface area (Å²) < 4.78 is 116. The van der Waals surface area contributed by atoms with Crippen LogP contribution in [0, 0.1) is 5.92 Å². The number of nitrogens with one attached hydrogen (secondary N) is 2. The minimum absolute atomic E-state index is 0.0225. The van der Waals surface area contributed by atoms with Crippen molar-refractivity contribution < 1.29 is 54.1 Å². The van der Waals surface area contributed by atoms with Crippen LogP contribution in [0.5, 0.6) is 0 Å². The molecule has 2 fully saturated rings. The van der Waals surface area contributed by atoms with E-state index in [1.807, 2.05) is 5.32 Å². The zero-order valence-electron chi connectivity index (χ0n) is 24.5. The number of nitrogens with zero attached hydrogens (tertiary/aromatic N) is 6. The number of alkyl halides is 6. The van der Waals surface area contributed by atoms with Gasteiger partial charge in [-0.05, 0) is 48.4 Å². The molecule has 1 saturated heterocycles. The lowest BCUT2D eigenvalue weighted by Gasteiger charge is -2.30. The molecule has 5 rings (SSSR count). The largest absolute Gasteiger partial charge is 0.410 e. The second-order valence-electron chi connectivity index (χ2n) is 11.3. The van der Waals surface area contributed by atoms with Gasteiger partial charge in [-0.1, -0.05) is 5.16 Å². The summed E-state index contributed by atoms with van der Waals surface area (Å²) >= 11 is 0. The summed E-state index contributed by atoms with van der Waals surface area (Å²) in [6.45, 7) is -0.845. The minimum Gasteiger partial charge on any atom is -0.382 e. The standard InChI is InChI=1S/C27H28F8N8O4/c1-46-12-18(42-11-19(27(33,34)35)38-25(42)45)15-8-20-37-17(10-43(20)36-9-15)21(13-2-4-14(5-3-13)23(28)29)39-24(44)22-16(40-47-41-22)6-7-26(30,31)32/h8-10,13,18-19,21H,2-7,11-12H2,1H3,(H,38,45)(H,39,44)/t18-,19-,21-/m0/s1. The van der Waals surface area contributed by atoms with E-state index in [1.165, 1.54) is 30.1 Å². The quantitative estimate of drug-likeness (QED) is 0.284. The van der Waals surface area contributed by atoms with Crippen LogP contribution in [0.1, 0.15) is 71.6 Å². The maximum atomic E-state index is 13.3. The first-order valence-electron chi connectivity index (χ1n) is 14.3. The van der Waals surface area contributed by atoms with E-state index in [0.29, 0.717) is 5.56 Å². The molecular weight excluding hydrogens is 652 g/mol. The Morgan fingerprint density at radius 1 is 1.17 bits per heavy atom. The molecule has 1 aliphatic carbocycles. The Morgan fingerprint density at radius 2 is 1.89 bits per heavy atom. The molecule has 0 aromatic carbocycles. The molecule has 0 bridgehead atoms. The summed E-state index contributed by atoms with van der Waals surface area (Å²) in [7, 11) is 1.31. The van der Waals surface area contributed by atoms with Crippen molar-refractivity contribution in [1.29, 1.82) is 0 Å². The van der Waals surface area contributed by atoms with Crippen molar-refractivity contribution >= 4 is 17.6 Å². The van der Waals surface area contributed by atoms with Gasteiger partial charge >= 0.3 is 18.4 Å². The van der Waals surface area contributed by atoms with Gasteiger partial charge in [0.25, 0.3) is 12.0 Å². The van der Waals surface area contributed by atoms with E-state index in [1.54, 1.807) is 0 Å². The Hall–Kier alpha value is -4.36. The van der Waals surface area contributed by atoms with Gasteiger partial charge in [-0.2, -0.15) is 40.2 Å². The number of urea groups is 1. The average Bonchev–Trinajstić information content (AvgIpc) is 3.75. The van der Waals surface area contributed by atoms with E-state index in [0.717, 1.165) is 4.90 Å².